The first-order valence-electron chi connectivity index (χ1n) is 6.17. The second-order valence-electron chi connectivity index (χ2n) is 4.46. The molecule has 0 bridgehead atoms. The summed E-state index contributed by atoms with van der Waals surface area (Å²) in [4.78, 5) is 11.9. The lowest BCUT2D eigenvalue weighted by Gasteiger charge is -2.13. The van der Waals surface area contributed by atoms with E-state index in [0.717, 1.165) is 18.2 Å². The van der Waals surface area contributed by atoms with Crippen molar-refractivity contribution < 1.29 is 22.4 Å². The number of hydrogen-bond donors (Lipinski definition) is 1. The zero-order valence-electron chi connectivity index (χ0n) is 11.0. The van der Waals surface area contributed by atoms with E-state index in [1.807, 2.05) is 0 Å². The van der Waals surface area contributed by atoms with Crippen molar-refractivity contribution in [2.75, 3.05) is 0 Å². The summed E-state index contributed by atoms with van der Waals surface area (Å²) in [6.07, 6.45) is -4.53. The van der Waals surface area contributed by atoms with Crippen molar-refractivity contribution in [3.63, 3.8) is 0 Å². The summed E-state index contributed by atoms with van der Waals surface area (Å²) in [6.45, 7) is -0.375. The molecule has 22 heavy (non-hydrogen) atoms. The topological polar surface area (TPSA) is 29.1 Å². The maximum Gasteiger partial charge on any atom is 0.416 e. The molecule has 7 heteroatoms. The van der Waals surface area contributed by atoms with E-state index < -0.39 is 23.5 Å². The van der Waals surface area contributed by atoms with Crippen molar-refractivity contribution in [1.82, 2.24) is 5.32 Å². The highest BCUT2D eigenvalue weighted by Gasteiger charge is 2.32. The molecule has 116 valence electrons. The van der Waals surface area contributed by atoms with Gasteiger partial charge in [0.2, 0.25) is 0 Å². The van der Waals surface area contributed by atoms with Crippen LogP contribution < -0.4 is 5.32 Å². The molecule has 0 atom stereocenters. The Kier molecular flexibility index (Phi) is 4.71. The Morgan fingerprint density at radius 3 is 2.50 bits per heavy atom. The molecule has 2 nitrogen and oxygen atoms in total. The smallest absolute Gasteiger partial charge is 0.348 e. The van der Waals surface area contributed by atoms with Gasteiger partial charge in [-0.05, 0) is 29.8 Å². The fourth-order valence-electron chi connectivity index (χ4n) is 1.89. The van der Waals surface area contributed by atoms with Gasteiger partial charge in [0.15, 0.2) is 0 Å². The van der Waals surface area contributed by atoms with Crippen molar-refractivity contribution >= 4 is 17.5 Å². The van der Waals surface area contributed by atoms with Gasteiger partial charge in [-0.2, -0.15) is 13.2 Å². The summed E-state index contributed by atoms with van der Waals surface area (Å²) in [7, 11) is 0. The molecule has 2 aromatic carbocycles. The third-order valence-electron chi connectivity index (χ3n) is 2.94. The minimum atomic E-state index is -4.53. The molecule has 0 aliphatic heterocycles. The SMILES string of the molecule is O=C(NCc1ccccc1C(F)(F)F)c1cc(Cl)ccc1F. The first kappa shape index (κ1) is 16.3. The predicted octanol–water partition coefficient (Wildman–Crippen LogP) is 4.43. The Hall–Kier alpha value is -2.08. The van der Waals surface area contributed by atoms with Gasteiger partial charge in [-0.3, -0.25) is 4.79 Å². The largest absolute Gasteiger partial charge is 0.416 e. The summed E-state index contributed by atoms with van der Waals surface area (Å²) >= 11 is 5.67. The van der Waals surface area contributed by atoms with Crippen molar-refractivity contribution in [2.45, 2.75) is 12.7 Å². The third kappa shape index (κ3) is 3.76. The predicted molar refractivity (Wildman–Crippen MR) is 74.0 cm³/mol. The molecule has 1 amide bonds. The lowest BCUT2D eigenvalue weighted by molar-refractivity contribution is -0.138. The average Bonchev–Trinajstić information content (AvgIpc) is 2.46. The number of alkyl halides is 3. The van der Waals surface area contributed by atoms with Gasteiger partial charge in [-0.15, -0.1) is 0 Å². The normalized spacial score (nSPS) is 11.3. The minimum absolute atomic E-state index is 0.106. The highest BCUT2D eigenvalue weighted by atomic mass is 35.5. The van der Waals surface area contributed by atoms with Crippen LogP contribution in [0.4, 0.5) is 17.6 Å². The van der Waals surface area contributed by atoms with Gasteiger partial charge in [0.25, 0.3) is 5.91 Å². The quantitative estimate of drug-likeness (QED) is 0.828. The summed E-state index contributed by atoms with van der Waals surface area (Å²) in [5.41, 5.74) is -1.27. The van der Waals surface area contributed by atoms with Crippen LogP contribution in [-0.4, -0.2) is 5.91 Å². The summed E-state index contributed by atoms with van der Waals surface area (Å²) < 4.78 is 52.0. The number of benzene rings is 2. The van der Waals surface area contributed by atoms with Crippen molar-refractivity contribution in [3.8, 4) is 0 Å². The molecule has 0 fully saturated rings. The van der Waals surface area contributed by atoms with E-state index in [1.54, 1.807) is 0 Å². The van der Waals surface area contributed by atoms with Gasteiger partial charge in [0.1, 0.15) is 5.82 Å². The Morgan fingerprint density at radius 1 is 1.14 bits per heavy atom. The Balaban J connectivity index is 2.17. The molecule has 0 saturated heterocycles. The van der Waals surface area contributed by atoms with Gasteiger partial charge >= 0.3 is 6.18 Å². The fraction of sp³-hybridized carbons (Fsp3) is 0.133. The molecule has 0 aliphatic rings. The highest BCUT2D eigenvalue weighted by molar-refractivity contribution is 6.31. The van der Waals surface area contributed by atoms with Gasteiger partial charge < -0.3 is 5.32 Å². The molecule has 0 aliphatic carbocycles. The van der Waals surface area contributed by atoms with E-state index in [4.69, 9.17) is 11.6 Å². The fourth-order valence-corrected chi connectivity index (χ4v) is 2.07. The Bertz CT molecular complexity index is 700. The van der Waals surface area contributed by atoms with Crippen LogP contribution in [-0.2, 0) is 12.7 Å². The molecule has 0 unspecified atom stereocenters. The van der Waals surface area contributed by atoms with Crippen LogP contribution in [0.15, 0.2) is 42.5 Å². The first-order chi connectivity index (χ1) is 10.3. The lowest BCUT2D eigenvalue weighted by atomic mass is 10.1. The molecule has 0 heterocycles. The maximum absolute atomic E-state index is 13.5. The molecule has 0 radical (unpaired) electrons. The molecule has 2 aromatic rings. The van der Waals surface area contributed by atoms with Crippen molar-refractivity contribution in [1.29, 1.82) is 0 Å². The van der Waals surface area contributed by atoms with Crippen LogP contribution >= 0.6 is 11.6 Å². The van der Waals surface area contributed by atoms with E-state index in [1.165, 1.54) is 24.3 Å². The molecular weight excluding hydrogens is 322 g/mol. The van der Waals surface area contributed by atoms with Gasteiger partial charge in [-0.25, -0.2) is 4.39 Å². The zero-order chi connectivity index (χ0) is 16.3. The van der Waals surface area contributed by atoms with E-state index in [-0.39, 0.29) is 22.7 Å². The maximum atomic E-state index is 13.5. The number of hydrogen-bond acceptors (Lipinski definition) is 1. The van der Waals surface area contributed by atoms with E-state index >= 15 is 0 Å². The number of carbonyl (C=O) groups excluding carboxylic acids is 1. The van der Waals surface area contributed by atoms with Gasteiger partial charge in [-0.1, -0.05) is 29.8 Å². The zero-order valence-corrected chi connectivity index (χ0v) is 11.8. The number of rotatable bonds is 3. The average molecular weight is 332 g/mol. The Labute approximate surface area is 128 Å². The van der Waals surface area contributed by atoms with Crippen LogP contribution in [0.5, 0.6) is 0 Å². The molecule has 0 aromatic heterocycles. The second kappa shape index (κ2) is 6.36. The van der Waals surface area contributed by atoms with Gasteiger partial charge in [0, 0.05) is 11.6 Å². The Morgan fingerprint density at radius 2 is 1.82 bits per heavy atom. The summed E-state index contributed by atoms with van der Waals surface area (Å²) in [5, 5.41) is 2.41. The summed E-state index contributed by atoms with van der Waals surface area (Å²) in [5.74, 6) is -1.64. The molecule has 0 spiro atoms. The van der Waals surface area contributed by atoms with Crippen LogP contribution in [0.1, 0.15) is 21.5 Å². The second-order valence-corrected chi connectivity index (χ2v) is 4.90. The van der Waals surface area contributed by atoms with Crippen LogP contribution in [0, 0.1) is 5.82 Å². The van der Waals surface area contributed by atoms with Crippen LogP contribution in [0.3, 0.4) is 0 Å². The number of amides is 1. The molecule has 0 saturated carbocycles. The van der Waals surface area contributed by atoms with E-state index in [0.29, 0.717) is 0 Å². The first-order valence-corrected chi connectivity index (χ1v) is 6.55. The third-order valence-corrected chi connectivity index (χ3v) is 3.17. The highest BCUT2D eigenvalue weighted by Crippen LogP contribution is 2.31. The minimum Gasteiger partial charge on any atom is -0.348 e. The summed E-state index contributed by atoms with van der Waals surface area (Å²) in [6, 6.07) is 8.25. The van der Waals surface area contributed by atoms with Crippen molar-refractivity contribution in [2.24, 2.45) is 0 Å². The number of carbonyl (C=O) groups is 1. The van der Waals surface area contributed by atoms with E-state index in [9.17, 15) is 22.4 Å². The van der Waals surface area contributed by atoms with E-state index in [2.05, 4.69) is 5.32 Å². The lowest BCUT2D eigenvalue weighted by Crippen LogP contribution is -2.25. The monoisotopic (exact) mass is 331 g/mol. The van der Waals surface area contributed by atoms with Crippen LogP contribution in [0.2, 0.25) is 5.02 Å². The molecule has 2 rings (SSSR count). The van der Waals surface area contributed by atoms with Crippen LogP contribution in [0.25, 0.3) is 0 Å². The van der Waals surface area contributed by atoms with Gasteiger partial charge in [0.05, 0.1) is 11.1 Å². The standard InChI is InChI=1S/C15H10ClF4NO/c16-10-5-6-13(17)11(7-10)14(22)21-8-9-3-1-2-4-12(9)15(18,19)20/h1-7H,8H2,(H,21,22). The number of nitrogens with one attached hydrogen (secondary N) is 1. The number of halogens is 5. The molecule has 1 N–H and O–H groups in total. The molecular formula is C15H10ClF4NO. The van der Waals surface area contributed by atoms with Crippen molar-refractivity contribution in [3.05, 3.63) is 70.0 Å².